The molecule has 0 radical (unpaired) electrons. The first-order chi connectivity index (χ1) is 13.0. The molecule has 1 aliphatic heterocycles. The van der Waals surface area contributed by atoms with Crippen LogP contribution in [0.5, 0.6) is 5.75 Å². The summed E-state index contributed by atoms with van der Waals surface area (Å²) in [6.07, 6.45) is 3.73. The van der Waals surface area contributed by atoms with Gasteiger partial charge in [0.25, 0.3) is 11.5 Å². The maximum Gasteiger partial charge on any atom is 0.257 e. The van der Waals surface area contributed by atoms with Crippen LogP contribution in [-0.2, 0) is 19.5 Å². The minimum Gasteiger partial charge on any atom is -0.493 e. The van der Waals surface area contributed by atoms with Crippen molar-refractivity contribution in [2.45, 2.75) is 59.5 Å². The maximum atomic E-state index is 13.1. The SMILES string of the molecule is CCOc1cc(=O)n2c(c1C(=O)NCc1ccc(C)c(C)c1)CCCCC2. The molecule has 27 heavy (non-hydrogen) atoms. The second-order valence-electron chi connectivity index (χ2n) is 7.17. The number of nitrogens with zero attached hydrogens (tertiary/aromatic N) is 1. The highest BCUT2D eigenvalue weighted by molar-refractivity contribution is 5.98. The fraction of sp³-hybridized carbons (Fsp3) is 0.455. The Morgan fingerprint density at radius 3 is 2.70 bits per heavy atom. The first-order valence-electron chi connectivity index (χ1n) is 9.75. The van der Waals surface area contributed by atoms with Crippen molar-refractivity contribution in [1.29, 1.82) is 0 Å². The van der Waals surface area contributed by atoms with E-state index in [1.54, 1.807) is 4.57 Å². The van der Waals surface area contributed by atoms with Gasteiger partial charge in [-0.15, -0.1) is 0 Å². The number of pyridine rings is 1. The fourth-order valence-corrected chi connectivity index (χ4v) is 3.61. The van der Waals surface area contributed by atoms with Gasteiger partial charge in [0, 0.05) is 24.8 Å². The fourth-order valence-electron chi connectivity index (χ4n) is 3.61. The topological polar surface area (TPSA) is 60.3 Å². The lowest BCUT2D eigenvalue weighted by Gasteiger charge is -2.18. The van der Waals surface area contributed by atoms with Crippen molar-refractivity contribution in [2.75, 3.05) is 6.61 Å². The van der Waals surface area contributed by atoms with Crippen molar-refractivity contribution >= 4 is 5.91 Å². The molecule has 3 rings (SSSR count). The monoisotopic (exact) mass is 368 g/mol. The average Bonchev–Trinajstić information content (AvgIpc) is 2.89. The molecule has 2 heterocycles. The molecule has 0 aliphatic carbocycles. The number of carbonyl (C=O) groups is 1. The number of aromatic nitrogens is 1. The maximum absolute atomic E-state index is 13.1. The molecule has 0 fully saturated rings. The van der Waals surface area contributed by atoms with E-state index in [0.717, 1.165) is 36.9 Å². The second kappa shape index (κ2) is 8.42. The summed E-state index contributed by atoms with van der Waals surface area (Å²) in [5.74, 6) is 0.218. The van der Waals surface area contributed by atoms with Crippen molar-refractivity contribution in [3.05, 3.63) is 62.6 Å². The Balaban J connectivity index is 1.92. The zero-order valence-electron chi connectivity index (χ0n) is 16.4. The summed E-state index contributed by atoms with van der Waals surface area (Å²) in [6.45, 7) is 7.53. The standard InChI is InChI=1S/C22H28N2O3/c1-4-27-19-13-20(25)24-11-7-5-6-8-18(24)21(19)22(26)23-14-17-10-9-15(2)16(3)12-17/h9-10,12-13H,4-8,11,14H2,1-3H3,(H,23,26). The van der Waals surface area contributed by atoms with Crippen molar-refractivity contribution < 1.29 is 9.53 Å². The Labute approximate surface area is 160 Å². The highest BCUT2D eigenvalue weighted by Gasteiger charge is 2.23. The first kappa shape index (κ1) is 19.2. The molecule has 0 atom stereocenters. The molecular formula is C22H28N2O3. The van der Waals surface area contributed by atoms with E-state index in [1.807, 2.05) is 13.0 Å². The van der Waals surface area contributed by atoms with Crippen LogP contribution in [0.25, 0.3) is 0 Å². The zero-order chi connectivity index (χ0) is 19.4. The van der Waals surface area contributed by atoms with Gasteiger partial charge in [-0.2, -0.15) is 0 Å². The molecule has 0 saturated carbocycles. The van der Waals surface area contributed by atoms with Crippen LogP contribution >= 0.6 is 0 Å². The third-order valence-corrected chi connectivity index (χ3v) is 5.23. The quantitative estimate of drug-likeness (QED) is 0.878. The van der Waals surface area contributed by atoms with Gasteiger partial charge in [0.2, 0.25) is 0 Å². The van der Waals surface area contributed by atoms with Crippen LogP contribution in [0.3, 0.4) is 0 Å². The van der Waals surface area contributed by atoms with E-state index >= 15 is 0 Å². The zero-order valence-corrected chi connectivity index (χ0v) is 16.4. The number of benzene rings is 1. The van der Waals surface area contributed by atoms with Gasteiger partial charge in [-0.1, -0.05) is 24.6 Å². The molecule has 2 aromatic rings. The van der Waals surface area contributed by atoms with E-state index in [2.05, 4.69) is 31.3 Å². The largest absolute Gasteiger partial charge is 0.493 e. The van der Waals surface area contributed by atoms with E-state index in [1.165, 1.54) is 17.2 Å². The molecule has 1 aliphatic rings. The third kappa shape index (κ3) is 4.24. The second-order valence-corrected chi connectivity index (χ2v) is 7.17. The summed E-state index contributed by atoms with van der Waals surface area (Å²) < 4.78 is 7.41. The molecule has 0 bridgehead atoms. The van der Waals surface area contributed by atoms with Crippen LogP contribution in [-0.4, -0.2) is 17.1 Å². The van der Waals surface area contributed by atoms with Gasteiger partial charge in [-0.3, -0.25) is 9.59 Å². The molecule has 1 amide bonds. The molecule has 1 N–H and O–H groups in total. The van der Waals surface area contributed by atoms with Crippen molar-refractivity contribution in [2.24, 2.45) is 0 Å². The number of hydrogen-bond acceptors (Lipinski definition) is 3. The van der Waals surface area contributed by atoms with Gasteiger partial charge < -0.3 is 14.6 Å². The number of ether oxygens (including phenoxy) is 1. The van der Waals surface area contributed by atoms with Crippen LogP contribution in [0.2, 0.25) is 0 Å². The van der Waals surface area contributed by atoms with Gasteiger partial charge in [0.05, 0.1) is 6.61 Å². The van der Waals surface area contributed by atoms with E-state index in [9.17, 15) is 9.59 Å². The predicted molar refractivity (Wildman–Crippen MR) is 107 cm³/mol. The summed E-state index contributed by atoms with van der Waals surface area (Å²) in [5.41, 5.74) is 4.74. The van der Waals surface area contributed by atoms with Crippen LogP contribution in [0.4, 0.5) is 0 Å². The summed E-state index contributed by atoms with van der Waals surface area (Å²) in [6, 6.07) is 7.65. The van der Waals surface area contributed by atoms with Gasteiger partial charge in [-0.25, -0.2) is 0 Å². The summed E-state index contributed by atoms with van der Waals surface area (Å²) in [7, 11) is 0. The molecule has 0 unspecified atom stereocenters. The van der Waals surface area contributed by atoms with Gasteiger partial charge in [0.1, 0.15) is 11.3 Å². The number of amides is 1. The number of aryl methyl sites for hydroxylation is 2. The predicted octanol–water partition coefficient (Wildman–Crippen LogP) is 3.52. The minimum atomic E-state index is -0.178. The van der Waals surface area contributed by atoms with Crippen LogP contribution in [0.1, 0.15) is 58.9 Å². The molecule has 1 aromatic carbocycles. The number of fused-ring (bicyclic) bond motifs is 1. The lowest BCUT2D eigenvalue weighted by atomic mass is 10.0. The van der Waals surface area contributed by atoms with Gasteiger partial charge in [-0.05, 0) is 56.7 Å². The molecule has 5 heteroatoms. The lowest BCUT2D eigenvalue weighted by Crippen LogP contribution is -2.31. The van der Waals surface area contributed by atoms with Crippen LogP contribution < -0.4 is 15.6 Å². The molecule has 1 aromatic heterocycles. The summed E-state index contributed by atoms with van der Waals surface area (Å²) in [5, 5.41) is 3.02. The molecule has 144 valence electrons. The van der Waals surface area contributed by atoms with Crippen molar-refractivity contribution in [3.8, 4) is 5.75 Å². The van der Waals surface area contributed by atoms with E-state index in [4.69, 9.17) is 4.74 Å². The summed E-state index contributed by atoms with van der Waals surface area (Å²) >= 11 is 0. The van der Waals surface area contributed by atoms with Crippen LogP contribution in [0.15, 0.2) is 29.1 Å². The normalized spacial score (nSPS) is 13.6. The highest BCUT2D eigenvalue weighted by Crippen LogP contribution is 2.25. The number of carbonyl (C=O) groups excluding carboxylic acids is 1. The molecule has 0 saturated heterocycles. The Hall–Kier alpha value is -2.56. The Morgan fingerprint density at radius 1 is 1.15 bits per heavy atom. The Morgan fingerprint density at radius 2 is 1.96 bits per heavy atom. The van der Waals surface area contributed by atoms with Gasteiger partial charge in [0.15, 0.2) is 0 Å². The van der Waals surface area contributed by atoms with Crippen molar-refractivity contribution in [1.82, 2.24) is 9.88 Å². The van der Waals surface area contributed by atoms with Crippen molar-refractivity contribution in [3.63, 3.8) is 0 Å². The average molecular weight is 368 g/mol. The third-order valence-electron chi connectivity index (χ3n) is 5.23. The van der Waals surface area contributed by atoms with Crippen LogP contribution in [0, 0.1) is 13.8 Å². The number of rotatable bonds is 5. The molecular weight excluding hydrogens is 340 g/mol. The smallest absolute Gasteiger partial charge is 0.257 e. The molecule has 5 nitrogen and oxygen atoms in total. The Kier molecular flexibility index (Phi) is 5.99. The van der Waals surface area contributed by atoms with E-state index < -0.39 is 0 Å². The van der Waals surface area contributed by atoms with Gasteiger partial charge >= 0.3 is 0 Å². The summed E-state index contributed by atoms with van der Waals surface area (Å²) in [4.78, 5) is 25.5. The Bertz CT molecular complexity index is 899. The van der Waals surface area contributed by atoms with E-state index in [-0.39, 0.29) is 11.5 Å². The number of nitrogens with one attached hydrogen (secondary N) is 1. The molecule has 0 spiro atoms. The highest BCUT2D eigenvalue weighted by atomic mass is 16.5. The first-order valence-corrected chi connectivity index (χ1v) is 9.75. The number of hydrogen-bond donors (Lipinski definition) is 1. The minimum absolute atomic E-state index is 0.0824. The lowest BCUT2D eigenvalue weighted by molar-refractivity contribution is 0.0945. The van der Waals surface area contributed by atoms with E-state index in [0.29, 0.717) is 31.0 Å².